The average Bonchev–Trinajstić information content (AvgIpc) is 3.18. The minimum Gasteiger partial charge on any atom is -0.355 e. The van der Waals surface area contributed by atoms with Crippen molar-refractivity contribution in [3.63, 3.8) is 0 Å². The Balaban J connectivity index is 1.56. The third-order valence-corrected chi connectivity index (χ3v) is 4.72. The minimum atomic E-state index is -4.45. The molecule has 2 N–H and O–H groups in total. The molecule has 158 valence electrons. The number of alkyl halides is 3. The zero-order chi connectivity index (χ0) is 22.0. The number of hydrogen-bond donors (Lipinski definition) is 2. The van der Waals surface area contributed by atoms with Crippen LogP contribution in [0.1, 0.15) is 34.7 Å². The van der Waals surface area contributed by atoms with Gasteiger partial charge in [-0.25, -0.2) is 0 Å². The number of hydrogen-bond acceptors (Lipinski definition) is 4. The molecule has 2 heterocycles. The Morgan fingerprint density at radius 2 is 1.77 bits per heavy atom. The van der Waals surface area contributed by atoms with Gasteiger partial charge >= 0.3 is 6.18 Å². The fraction of sp³-hybridized carbons (Fsp3) is 0.136. The molecule has 2 aromatic heterocycles. The Hall–Kier alpha value is -3.88. The summed E-state index contributed by atoms with van der Waals surface area (Å²) >= 11 is 0. The lowest BCUT2D eigenvalue weighted by molar-refractivity contribution is -0.137. The first-order valence-electron chi connectivity index (χ1n) is 9.47. The van der Waals surface area contributed by atoms with Gasteiger partial charge in [0.2, 0.25) is 0 Å². The van der Waals surface area contributed by atoms with E-state index < -0.39 is 23.7 Å². The van der Waals surface area contributed by atoms with Crippen molar-refractivity contribution in [3.05, 3.63) is 89.9 Å². The number of fused-ring (bicyclic) bond motifs is 1. The van der Waals surface area contributed by atoms with Gasteiger partial charge < -0.3 is 10.6 Å². The zero-order valence-corrected chi connectivity index (χ0v) is 16.4. The third-order valence-electron chi connectivity index (χ3n) is 4.72. The van der Waals surface area contributed by atoms with E-state index in [1.54, 1.807) is 47.9 Å². The number of para-hydroxylation sites is 1. The summed E-state index contributed by atoms with van der Waals surface area (Å²) in [7, 11) is 0. The summed E-state index contributed by atoms with van der Waals surface area (Å²) in [6, 6.07) is 16.5. The van der Waals surface area contributed by atoms with Gasteiger partial charge in [-0.2, -0.15) is 13.2 Å². The lowest BCUT2D eigenvalue weighted by atomic mass is 10.1. The van der Waals surface area contributed by atoms with E-state index in [2.05, 4.69) is 20.8 Å². The summed E-state index contributed by atoms with van der Waals surface area (Å²) in [5, 5.41) is 14.0. The number of nitrogens with one attached hydrogen (secondary N) is 2. The number of halogens is 3. The van der Waals surface area contributed by atoms with E-state index in [-0.39, 0.29) is 5.69 Å². The summed E-state index contributed by atoms with van der Waals surface area (Å²) in [5.41, 5.74) is 0.793. The van der Waals surface area contributed by atoms with Crippen LogP contribution < -0.4 is 10.6 Å². The van der Waals surface area contributed by atoms with E-state index in [9.17, 15) is 18.0 Å². The molecule has 0 bridgehead atoms. The predicted octanol–water partition coefficient (Wildman–Crippen LogP) is 4.98. The number of anilines is 2. The zero-order valence-electron chi connectivity index (χ0n) is 16.4. The van der Waals surface area contributed by atoms with Gasteiger partial charge in [-0.05, 0) is 49.4 Å². The molecule has 4 aromatic rings. The summed E-state index contributed by atoms with van der Waals surface area (Å²) in [5.74, 6) is 0.169. The summed E-state index contributed by atoms with van der Waals surface area (Å²) in [4.78, 5) is 12.9. The number of benzene rings is 2. The summed E-state index contributed by atoms with van der Waals surface area (Å²) in [6.45, 7) is 1.78. The van der Waals surface area contributed by atoms with Crippen LogP contribution in [0.3, 0.4) is 0 Å². The second-order valence-electron chi connectivity index (χ2n) is 6.93. The molecular formula is C22H18F3N5O. The van der Waals surface area contributed by atoms with Crippen LogP contribution in [0.5, 0.6) is 0 Å². The second-order valence-corrected chi connectivity index (χ2v) is 6.93. The van der Waals surface area contributed by atoms with Crippen molar-refractivity contribution >= 4 is 22.9 Å². The molecule has 0 aliphatic rings. The molecule has 6 nitrogen and oxygen atoms in total. The highest BCUT2D eigenvalue weighted by Gasteiger charge is 2.30. The molecule has 0 fully saturated rings. The van der Waals surface area contributed by atoms with Crippen LogP contribution >= 0.6 is 0 Å². The normalized spacial score (nSPS) is 12.5. The summed E-state index contributed by atoms with van der Waals surface area (Å²) in [6.07, 6.45) is -2.65. The number of rotatable bonds is 5. The number of aromatic nitrogens is 3. The molecule has 31 heavy (non-hydrogen) atoms. The number of carbonyl (C=O) groups is 1. The van der Waals surface area contributed by atoms with Crippen molar-refractivity contribution in [2.45, 2.75) is 19.1 Å². The SMILES string of the molecule is CC(NC(=O)c1ccccc1Nc1cccc(C(F)(F)F)c1)c1nnc2ccccn12. The first-order valence-corrected chi connectivity index (χ1v) is 9.47. The summed E-state index contributed by atoms with van der Waals surface area (Å²) < 4.78 is 40.8. The van der Waals surface area contributed by atoms with E-state index in [0.29, 0.717) is 22.7 Å². The predicted molar refractivity (Wildman–Crippen MR) is 110 cm³/mol. The van der Waals surface area contributed by atoms with Crippen molar-refractivity contribution in [1.82, 2.24) is 19.9 Å². The Bertz CT molecular complexity index is 1240. The topological polar surface area (TPSA) is 71.3 Å². The van der Waals surface area contributed by atoms with E-state index in [0.717, 1.165) is 12.1 Å². The molecule has 4 rings (SSSR count). The van der Waals surface area contributed by atoms with Gasteiger partial charge in [0.15, 0.2) is 11.5 Å². The standard InChI is InChI=1S/C22H18F3N5O/c1-14(20-29-28-19-11-4-5-12-30(19)20)26-21(31)17-9-2-3-10-18(17)27-16-8-6-7-15(13-16)22(23,24)25/h2-14,27H,1H3,(H,26,31). The van der Waals surface area contributed by atoms with Crippen LogP contribution in [-0.4, -0.2) is 20.5 Å². The molecule has 1 unspecified atom stereocenters. The highest BCUT2D eigenvalue weighted by Crippen LogP contribution is 2.32. The maximum Gasteiger partial charge on any atom is 0.416 e. The molecule has 0 aliphatic carbocycles. The quantitative estimate of drug-likeness (QED) is 0.473. The molecule has 0 saturated heterocycles. The number of nitrogens with zero attached hydrogens (tertiary/aromatic N) is 3. The lowest BCUT2D eigenvalue weighted by Crippen LogP contribution is -2.28. The van der Waals surface area contributed by atoms with Crippen LogP contribution in [0, 0.1) is 0 Å². The molecule has 1 amide bonds. The van der Waals surface area contributed by atoms with E-state index in [4.69, 9.17) is 0 Å². The monoisotopic (exact) mass is 425 g/mol. The van der Waals surface area contributed by atoms with Crippen LogP contribution in [0.2, 0.25) is 0 Å². The largest absolute Gasteiger partial charge is 0.416 e. The van der Waals surface area contributed by atoms with Crippen molar-refractivity contribution < 1.29 is 18.0 Å². The van der Waals surface area contributed by atoms with Crippen molar-refractivity contribution in [3.8, 4) is 0 Å². The van der Waals surface area contributed by atoms with Gasteiger partial charge in [0.1, 0.15) is 0 Å². The van der Waals surface area contributed by atoms with Crippen molar-refractivity contribution in [2.24, 2.45) is 0 Å². The van der Waals surface area contributed by atoms with Crippen LogP contribution in [0.4, 0.5) is 24.5 Å². The molecule has 0 spiro atoms. The molecule has 1 atom stereocenters. The molecule has 0 aliphatic heterocycles. The Morgan fingerprint density at radius 3 is 2.58 bits per heavy atom. The average molecular weight is 425 g/mol. The number of pyridine rings is 1. The third kappa shape index (κ3) is 4.35. The van der Waals surface area contributed by atoms with Crippen molar-refractivity contribution in [2.75, 3.05) is 5.32 Å². The number of carbonyl (C=O) groups excluding carboxylic acids is 1. The molecule has 0 radical (unpaired) electrons. The first-order chi connectivity index (χ1) is 14.8. The molecule has 2 aromatic carbocycles. The Kier molecular flexibility index (Phi) is 5.33. The molecule has 9 heteroatoms. The van der Waals surface area contributed by atoms with E-state index >= 15 is 0 Å². The smallest absolute Gasteiger partial charge is 0.355 e. The first kappa shape index (κ1) is 20.4. The Labute approximate surface area is 175 Å². The van der Waals surface area contributed by atoms with E-state index in [1.165, 1.54) is 12.1 Å². The van der Waals surface area contributed by atoms with Crippen LogP contribution in [0.15, 0.2) is 72.9 Å². The number of amides is 1. The van der Waals surface area contributed by atoms with Crippen LogP contribution in [0.25, 0.3) is 5.65 Å². The fourth-order valence-corrected chi connectivity index (χ4v) is 3.21. The van der Waals surface area contributed by atoms with Crippen molar-refractivity contribution in [1.29, 1.82) is 0 Å². The van der Waals surface area contributed by atoms with Gasteiger partial charge in [-0.1, -0.05) is 24.3 Å². The second kappa shape index (κ2) is 8.10. The highest BCUT2D eigenvalue weighted by molar-refractivity contribution is 6.00. The van der Waals surface area contributed by atoms with Gasteiger partial charge in [-0.15, -0.1) is 10.2 Å². The van der Waals surface area contributed by atoms with Gasteiger partial charge in [0.05, 0.1) is 22.9 Å². The minimum absolute atomic E-state index is 0.228. The molecule has 0 saturated carbocycles. The maximum absolute atomic E-state index is 13.0. The highest BCUT2D eigenvalue weighted by atomic mass is 19.4. The lowest BCUT2D eigenvalue weighted by Gasteiger charge is -2.16. The van der Waals surface area contributed by atoms with Gasteiger partial charge in [0, 0.05) is 11.9 Å². The van der Waals surface area contributed by atoms with Gasteiger partial charge in [0.25, 0.3) is 5.91 Å². The van der Waals surface area contributed by atoms with E-state index in [1.807, 2.05) is 12.1 Å². The fourth-order valence-electron chi connectivity index (χ4n) is 3.21. The maximum atomic E-state index is 13.0. The van der Waals surface area contributed by atoms with Gasteiger partial charge in [-0.3, -0.25) is 9.20 Å². The molecular weight excluding hydrogens is 407 g/mol. The van der Waals surface area contributed by atoms with Crippen LogP contribution in [-0.2, 0) is 6.18 Å². The Morgan fingerprint density at radius 1 is 1.00 bits per heavy atom.